The Morgan fingerprint density at radius 2 is 1.67 bits per heavy atom. The topological polar surface area (TPSA) is 101 Å². The average molecular weight is 444 g/mol. The number of imide groups is 1. The van der Waals surface area contributed by atoms with Crippen molar-refractivity contribution in [3.63, 3.8) is 0 Å². The minimum Gasteiger partial charge on any atom is -0.497 e. The molecule has 0 radical (unpaired) electrons. The standard InChI is InChI=1S/C25H24N4O4/c1-16(29-24(31)20-5-3-4-6-21(20)25(29)32)23(30)28-18-9-12-22(27-15-18)26-14-13-17-7-10-19(33-2)11-8-17/h3-12,15-16H,13-14H2,1-2H3,(H,26,27)(H,28,30). The van der Waals surface area contributed by atoms with E-state index >= 15 is 0 Å². The quantitative estimate of drug-likeness (QED) is 0.517. The highest BCUT2D eigenvalue weighted by Gasteiger charge is 2.40. The summed E-state index contributed by atoms with van der Waals surface area (Å²) < 4.78 is 5.16. The van der Waals surface area contributed by atoms with E-state index in [-0.39, 0.29) is 0 Å². The maximum absolute atomic E-state index is 12.7. The lowest BCUT2D eigenvalue weighted by molar-refractivity contribution is -0.119. The molecule has 0 saturated carbocycles. The Labute approximate surface area is 191 Å². The zero-order valence-electron chi connectivity index (χ0n) is 18.4. The smallest absolute Gasteiger partial charge is 0.262 e. The van der Waals surface area contributed by atoms with Gasteiger partial charge in [0.15, 0.2) is 0 Å². The van der Waals surface area contributed by atoms with Crippen LogP contribution in [0, 0.1) is 0 Å². The number of pyridine rings is 1. The van der Waals surface area contributed by atoms with Crippen molar-refractivity contribution in [2.75, 3.05) is 24.3 Å². The van der Waals surface area contributed by atoms with Gasteiger partial charge in [-0.15, -0.1) is 0 Å². The van der Waals surface area contributed by atoms with Crippen LogP contribution in [0.2, 0.25) is 0 Å². The first-order chi connectivity index (χ1) is 16.0. The summed E-state index contributed by atoms with van der Waals surface area (Å²) in [6.07, 6.45) is 2.35. The number of hydrogen-bond acceptors (Lipinski definition) is 6. The number of aromatic nitrogens is 1. The minimum atomic E-state index is -0.959. The summed E-state index contributed by atoms with van der Waals surface area (Å²) >= 11 is 0. The Balaban J connectivity index is 1.30. The van der Waals surface area contributed by atoms with Gasteiger partial charge in [-0.05, 0) is 55.3 Å². The number of ether oxygens (including phenoxy) is 1. The number of methoxy groups -OCH3 is 1. The summed E-state index contributed by atoms with van der Waals surface area (Å²) in [5, 5.41) is 5.96. The highest BCUT2D eigenvalue weighted by molar-refractivity contribution is 6.23. The van der Waals surface area contributed by atoms with E-state index in [4.69, 9.17) is 4.74 Å². The van der Waals surface area contributed by atoms with Crippen molar-refractivity contribution in [2.24, 2.45) is 0 Å². The first kappa shape index (κ1) is 22.0. The minimum absolute atomic E-state index is 0.314. The fourth-order valence-corrected chi connectivity index (χ4v) is 3.62. The van der Waals surface area contributed by atoms with Crippen molar-refractivity contribution in [3.05, 3.63) is 83.6 Å². The molecule has 33 heavy (non-hydrogen) atoms. The molecule has 1 atom stereocenters. The molecule has 3 aromatic rings. The number of hydrogen-bond donors (Lipinski definition) is 2. The van der Waals surface area contributed by atoms with E-state index in [9.17, 15) is 14.4 Å². The van der Waals surface area contributed by atoms with E-state index in [2.05, 4.69) is 15.6 Å². The van der Waals surface area contributed by atoms with Gasteiger partial charge in [-0.25, -0.2) is 4.98 Å². The SMILES string of the molecule is COc1ccc(CCNc2ccc(NC(=O)C(C)N3C(=O)c4ccccc4C3=O)cn2)cc1. The van der Waals surface area contributed by atoms with E-state index in [0.717, 1.165) is 17.1 Å². The summed E-state index contributed by atoms with van der Waals surface area (Å²) in [6.45, 7) is 2.22. The lowest BCUT2D eigenvalue weighted by Gasteiger charge is -2.21. The summed E-state index contributed by atoms with van der Waals surface area (Å²) in [4.78, 5) is 43.2. The summed E-state index contributed by atoms with van der Waals surface area (Å²) in [6, 6.07) is 17.0. The molecular formula is C25H24N4O4. The number of amides is 3. The van der Waals surface area contributed by atoms with Gasteiger partial charge in [0.2, 0.25) is 5.91 Å². The van der Waals surface area contributed by atoms with Crippen LogP contribution < -0.4 is 15.4 Å². The van der Waals surface area contributed by atoms with Gasteiger partial charge in [0.1, 0.15) is 17.6 Å². The third-order valence-electron chi connectivity index (χ3n) is 5.50. The van der Waals surface area contributed by atoms with Gasteiger partial charge in [0, 0.05) is 6.54 Å². The van der Waals surface area contributed by atoms with Crippen LogP contribution in [0.3, 0.4) is 0 Å². The number of carbonyl (C=O) groups excluding carboxylic acids is 3. The van der Waals surface area contributed by atoms with Crippen molar-refractivity contribution in [3.8, 4) is 5.75 Å². The molecule has 1 unspecified atom stereocenters. The molecular weight excluding hydrogens is 420 g/mol. The molecule has 1 aromatic heterocycles. The molecule has 0 fully saturated rings. The van der Waals surface area contributed by atoms with Crippen LogP contribution >= 0.6 is 0 Å². The van der Waals surface area contributed by atoms with Gasteiger partial charge in [-0.3, -0.25) is 19.3 Å². The van der Waals surface area contributed by atoms with Gasteiger partial charge in [0.25, 0.3) is 11.8 Å². The molecule has 4 rings (SSSR count). The molecule has 3 amide bonds. The van der Waals surface area contributed by atoms with Crippen LogP contribution in [0.25, 0.3) is 0 Å². The number of rotatable bonds is 8. The molecule has 2 heterocycles. The molecule has 0 saturated heterocycles. The molecule has 0 bridgehead atoms. The number of nitrogens with zero attached hydrogens (tertiary/aromatic N) is 2. The van der Waals surface area contributed by atoms with E-state index < -0.39 is 23.8 Å². The van der Waals surface area contributed by atoms with Gasteiger partial charge in [-0.2, -0.15) is 0 Å². The second-order valence-electron chi connectivity index (χ2n) is 7.65. The predicted octanol–water partition coefficient (Wildman–Crippen LogP) is 3.37. The van der Waals surface area contributed by atoms with Crippen molar-refractivity contribution >= 4 is 29.2 Å². The number of benzene rings is 2. The van der Waals surface area contributed by atoms with Crippen LogP contribution in [-0.4, -0.2) is 47.3 Å². The highest BCUT2D eigenvalue weighted by atomic mass is 16.5. The molecule has 0 aliphatic carbocycles. The Bertz CT molecular complexity index is 1140. The van der Waals surface area contributed by atoms with E-state index in [0.29, 0.717) is 29.2 Å². The van der Waals surface area contributed by atoms with Crippen LogP contribution in [0.15, 0.2) is 66.9 Å². The van der Waals surface area contributed by atoms with Crippen LogP contribution in [0.4, 0.5) is 11.5 Å². The predicted molar refractivity (Wildman–Crippen MR) is 124 cm³/mol. The lowest BCUT2D eigenvalue weighted by Crippen LogP contribution is -2.45. The lowest BCUT2D eigenvalue weighted by atomic mass is 10.1. The number of nitrogens with one attached hydrogen (secondary N) is 2. The molecule has 1 aliphatic rings. The third-order valence-corrected chi connectivity index (χ3v) is 5.50. The number of fused-ring (bicyclic) bond motifs is 1. The zero-order chi connectivity index (χ0) is 23.4. The highest BCUT2D eigenvalue weighted by Crippen LogP contribution is 2.25. The maximum Gasteiger partial charge on any atom is 0.262 e. The van der Waals surface area contributed by atoms with Crippen molar-refractivity contribution < 1.29 is 19.1 Å². The van der Waals surface area contributed by atoms with Crippen molar-refractivity contribution in [1.82, 2.24) is 9.88 Å². The molecule has 8 nitrogen and oxygen atoms in total. The summed E-state index contributed by atoms with van der Waals surface area (Å²) in [5.41, 5.74) is 2.28. The molecule has 168 valence electrons. The van der Waals surface area contributed by atoms with Gasteiger partial charge < -0.3 is 15.4 Å². The molecule has 2 aromatic carbocycles. The zero-order valence-corrected chi connectivity index (χ0v) is 18.4. The van der Waals surface area contributed by atoms with E-state index in [1.807, 2.05) is 24.3 Å². The van der Waals surface area contributed by atoms with Crippen LogP contribution in [0.5, 0.6) is 5.75 Å². The first-order valence-corrected chi connectivity index (χ1v) is 10.6. The Kier molecular flexibility index (Phi) is 6.35. The summed E-state index contributed by atoms with van der Waals surface area (Å²) in [7, 11) is 1.64. The number of anilines is 2. The van der Waals surface area contributed by atoms with Crippen LogP contribution in [0.1, 0.15) is 33.2 Å². The van der Waals surface area contributed by atoms with Gasteiger partial charge in [-0.1, -0.05) is 24.3 Å². The second-order valence-corrected chi connectivity index (χ2v) is 7.65. The summed E-state index contributed by atoms with van der Waals surface area (Å²) in [5.74, 6) is 0.102. The molecule has 1 aliphatic heterocycles. The molecule has 8 heteroatoms. The number of carbonyl (C=O) groups is 3. The van der Waals surface area contributed by atoms with Gasteiger partial charge in [0.05, 0.1) is 30.1 Å². The fraction of sp³-hybridized carbons (Fsp3) is 0.200. The molecule has 2 N–H and O–H groups in total. The Morgan fingerprint density at radius 1 is 1.00 bits per heavy atom. The average Bonchev–Trinajstić information content (AvgIpc) is 3.10. The first-order valence-electron chi connectivity index (χ1n) is 10.6. The van der Waals surface area contributed by atoms with Crippen molar-refractivity contribution in [1.29, 1.82) is 0 Å². The van der Waals surface area contributed by atoms with Crippen molar-refractivity contribution in [2.45, 2.75) is 19.4 Å². The van der Waals surface area contributed by atoms with E-state index in [1.54, 1.807) is 43.5 Å². The van der Waals surface area contributed by atoms with Gasteiger partial charge >= 0.3 is 0 Å². The second kappa shape index (κ2) is 9.52. The molecule has 0 spiro atoms. The monoisotopic (exact) mass is 444 g/mol. The third kappa shape index (κ3) is 4.69. The van der Waals surface area contributed by atoms with Crippen LogP contribution in [-0.2, 0) is 11.2 Å². The normalized spacial score (nSPS) is 13.5. The van der Waals surface area contributed by atoms with E-state index in [1.165, 1.54) is 18.7 Å². The Morgan fingerprint density at radius 3 is 2.24 bits per heavy atom. The Hall–Kier alpha value is -4.20. The fourth-order valence-electron chi connectivity index (χ4n) is 3.62. The maximum atomic E-state index is 12.7. The largest absolute Gasteiger partial charge is 0.497 e.